The molecule has 0 heterocycles. The van der Waals surface area contributed by atoms with Gasteiger partial charge in [-0.2, -0.15) is 17.9 Å². The molecule has 0 aromatic carbocycles. The maximum atomic E-state index is 11.5. The van der Waals surface area contributed by atoms with E-state index in [0.717, 1.165) is 0 Å². The molecule has 0 aromatic rings. The van der Waals surface area contributed by atoms with Crippen molar-refractivity contribution in [1.29, 1.82) is 0 Å². The normalized spacial score (nSPS) is 15.3. The van der Waals surface area contributed by atoms with Gasteiger partial charge in [-0.25, -0.2) is 0 Å². The van der Waals surface area contributed by atoms with Crippen molar-refractivity contribution in [3.63, 3.8) is 0 Å². The highest BCUT2D eigenvalue weighted by molar-refractivity contribution is 7.87. The summed E-state index contributed by atoms with van der Waals surface area (Å²) in [6, 6.07) is -0.281. The van der Waals surface area contributed by atoms with Crippen LogP contribution in [0.2, 0.25) is 0 Å². The van der Waals surface area contributed by atoms with Crippen molar-refractivity contribution in [2.45, 2.75) is 32.4 Å². The van der Waals surface area contributed by atoms with Gasteiger partial charge in [0.1, 0.15) is 0 Å². The molecule has 4 N–H and O–H groups in total. The van der Waals surface area contributed by atoms with E-state index in [4.69, 9.17) is 10.5 Å². The molecule has 0 radical (unpaired) electrons. The summed E-state index contributed by atoms with van der Waals surface area (Å²) in [6.07, 6.45) is 0. The summed E-state index contributed by atoms with van der Waals surface area (Å²) >= 11 is 0. The zero-order valence-corrected chi connectivity index (χ0v) is 10.5. The summed E-state index contributed by atoms with van der Waals surface area (Å²) in [5.41, 5.74) is 4.97. The molecule has 0 rings (SSSR count). The molecule has 0 fully saturated rings. The van der Waals surface area contributed by atoms with Gasteiger partial charge in [-0.1, -0.05) is 0 Å². The Kier molecular flexibility index (Phi) is 5.68. The van der Waals surface area contributed by atoms with Gasteiger partial charge in [-0.05, 0) is 20.8 Å². The van der Waals surface area contributed by atoms with E-state index in [1.165, 1.54) is 7.11 Å². The fraction of sp³-hybridized carbons (Fsp3) is 1.00. The molecule has 0 saturated heterocycles. The Balaban J connectivity index is 4.26. The molecule has 0 bridgehead atoms. The molecule has 0 saturated carbocycles. The second-order valence-corrected chi connectivity index (χ2v) is 5.50. The van der Waals surface area contributed by atoms with Crippen molar-refractivity contribution < 1.29 is 13.2 Å². The number of hydrogen-bond donors (Lipinski definition) is 3. The van der Waals surface area contributed by atoms with Gasteiger partial charge in [-0.3, -0.25) is 0 Å². The molecule has 0 aromatic heterocycles. The molecule has 15 heavy (non-hydrogen) atoms. The first-order valence-corrected chi connectivity index (χ1v) is 6.22. The third-order valence-corrected chi connectivity index (χ3v) is 3.51. The van der Waals surface area contributed by atoms with Crippen molar-refractivity contribution in [3.05, 3.63) is 0 Å². The van der Waals surface area contributed by atoms with Crippen molar-refractivity contribution in [3.8, 4) is 0 Å². The Morgan fingerprint density at radius 3 is 2.40 bits per heavy atom. The second kappa shape index (κ2) is 5.76. The number of nitrogens with one attached hydrogen (secondary N) is 2. The van der Waals surface area contributed by atoms with Crippen LogP contribution in [0.3, 0.4) is 0 Å². The van der Waals surface area contributed by atoms with Crippen molar-refractivity contribution >= 4 is 10.2 Å². The van der Waals surface area contributed by atoms with E-state index in [0.29, 0.717) is 6.61 Å². The van der Waals surface area contributed by atoms with Crippen LogP contribution in [0.4, 0.5) is 0 Å². The lowest BCUT2D eigenvalue weighted by molar-refractivity contribution is 0.204. The van der Waals surface area contributed by atoms with Crippen molar-refractivity contribution in [2.24, 2.45) is 5.73 Å². The van der Waals surface area contributed by atoms with Gasteiger partial charge in [0, 0.05) is 25.2 Å². The van der Waals surface area contributed by atoms with Gasteiger partial charge < -0.3 is 10.5 Å². The maximum Gasteiger partial charge on any atom is 0.277 e. The Hall–Kier alpha value is -0.210. The van der Waals surface area contributed by atoms with Crippen LogP contribution in [-0.4, -0.2) is 40.3 Å². The van der Waals surface area contributed by atoms with Gasteiger partial charge in [-0.15, -0.1) is 0 Å². The quantitative estimate of drug-likeness (QED) is 0.506. The third kappa shape index (κ3) is 6.06. The van der Waals surface area contributed by atoms with Gasteiger partial charge >= 0.3 is 0 Å². The highest BCUT2D eigenvalue weighted by Gasteiger charge is 2.27. The molecule has 6 nitrogen and oxygen atoms in total. The maximum absolute atomic E-state index is 11.5. The van der Waals surface area contributed by atoms with E-state index < -0.39 is 15.7 Å². The lowest BCUT2D eigenvalue weighted by Crippen LogP contribution is -2.57. The molecule has 0 amide bonds. The largest absolute Gasteiger partial charge is 0.383 e. The standard InChI is InChI=1S/C8H21N3O3S/c1-7(9)8(2,3)11-15(12,13)10-5-6-14-4/h7,10-11H,5-6,9H2,1-4H3. The minimum Gasteiger partial charge on any atom is -0.383 e. The Morgan fingerprint density at radius 1 is 1.47 bits per heavy atom. The molecule has 0 aliphatic rings. The van der Waals surface area contributed by atoms with Crippen LogP contribution >= 0.6 is 0 Å². The molecule has 1 unspecified atom stereocenters. The molecule has 0 aliphatic heterocycles. The summed E-state index contributed by atoms with van der Waals surface area (Å²) in [5, 5.41) is 0. The van der Waals surface area contributed by atoms with Crippen LogP contribution in [0.15, 0.2) is 0 Å². The predicted molar refractivity (Wildman–Crippen MR) is 59.7 cm³/mol. The second-order valence-electron chi connectivity index (χ2n) is 4.00. The smallest absolute Gasteiger partial charge is 0.277 e. The Morgan fingerprint density at radius 2 is 2.00 bits per heavy atom. The topological polar surface area (TPSA) is 93.4 Å². The van der Waals surface area contributed by atoms with Crippen LogP contribution in [0.25, 0.3) is 0 Å². The van der Waals surface area contributed by atoms with Crippen molar-refractivity contribution in [2.75, 3.05) is 20.3 Å². The molecule has 0 spiro atoms. The highest BCUT2D eigenvalue weighted by atomic mass is 32.2. The molecule has 0 aliphatic carbocycles. The number of ether oxygens (including phenoxy) is 1. The SMILES string of the molecule is COCCNS(=O)(=O)NC(C)(C)C(C)N. The van der Waals surface area contributed by atoms with Crippen LogP contribution in [0.1, 0.15) is 20.8 Å². The fourth-order valence-electron chi connectivity index (χ4n) is 0.753. The van der Waals surface area contributed by atoms with E-state index in [2.05, 4.69) is 9.44 Å². The first-order chi connectivity index (χ1) is 6.71. The first kappa shape index (κ1) is 14.8. The molecular weight excluding hydrogens is 218 g/mol. The van der Waals surface area contributed by atoms with Crippen LogP contribution in [0, 0.1) is 0 Å². The van der Waals surface area contributed by atoms with Gasteiger partial charge in [0.05, 0.1) is 6.61 Å². The highest BCUT2D eigenvalue weighted by Crippen LogP contribution is 2.07. The molecule has 7 heteroatoms. The van der Waals surface area contributed by atoms with E-state index in [-0.39, 0.29) is 12.6 Å². The fourth-order valence-corrected chi connectivity index (χ4v) is 2.06. The minimum absolute atomic E-state index is 0.237. The first-order valence-electron chi connectivity index (χ1n) is 4.74. The van der Waals surface area contributed by atoms with Crippen molar-refractivity contribution in [1.82, 2.24) is 9.44 Å². The van der Waals surface area contributed by atoms with E-state index in [1.807, 2.05) is 0 Å². The third-order valence-electron chi connectivity index (χ3n) is 2.13. The number of hydrogen-bond acceptors (Lipinski definition) is 4. The number of nitrogens with two attached hydrogens (primary N) is 1. The summed E-state index contributed by atoms with van der Waals surface area (Å²) < 4.78 is 32.5. The average molecular weight is 239 g/mol. The zero-order valence-electron chi connectivity index (χ0n) is 9.70. The van der Waals surface area contributed by atoms with Gasteiger partial charge in [0.2, 0.25) is 0 Å². The summed E-state index contributed by atoms with van der Waals surface area (Å²) in [6.45, 7) is 5.78. The lowest BCUT2D eigenvalue weighted by atomic mass is 9.99. The van der Waals surface area contributed by atoms with Crippen LogP contribution in [-0.2, 0) is 14.9 Å². The molecular formula is C8H21N3O3S. The van der Waals surface area contributed by atoms with E-state index >= 15 is 0 Å². The minimum atomic E-state index is -3.52. The van der Waals surface area contributed by atoms with Crippen LogP contribution < -0.4 is 15.2 Å². The Bertz CT molecular complexity index is 275. The van der Waals surface area contributed by atoms with Gasteiger partial charge in [0.15, 0.2) is 0 Å². The summed E-state index contributed by atoms with van der Waals surface area (Å²) in [5.74, 6) is 0. The van der Waals surface area contributed by atoms with Gasteiger partial charge in [0.25, 0.3) is 10.2 Å². The summed E-state index contributed by atoms with van der Waals surface area (Å²) in [7, 11) is -2.01. The number of rotatable bonds is 7. The van der Waals surface area contributed by atoms with E-state index in [9.17, 15) is 8.42 Å². The number of methoxy groups -OCH3 is 1. The lowest BCUT2D eigenvalue weighted by Gasteiger charge is -2.29. The van der Waals surface area contributed by atoms with E-state index in [1.54, 1.807) is 20.8 Å². The Labute approximate surface area is 91.7 Å². The monoisotopic (exact) mass is 239 g/mol. The molecule has 92 valence electrons. The molecule has 1 atom stereocenters. The average Bonchev–Trinajstić information content (AvgIpc) is 2.01. The zero-order chi connectivity index (χ0) is 12.1. The van der Waals surface area contributed by atoms with Crippen LogP contribution in [0.5, 0.6) is 0 Å². The predicted octanol–water partition coefficient (Wildman–Crippen LogP) is -0.817. The summed E-state index contributed by atoms with van der Waals surface area (Å²) in [4.78, 5) is 0.